The van der Waals surface area contributed by atoms with Crippen LogP contribution in [-0.4, -0.2) is 29.1 Å². The second kappa shape index (κ2) is 6.65. The molecule has 0 aliphatic carbocycles. The molecule has 0 atom stereocenters. The molecular formula is C13H12N4O2S. The first-order valence-electron chi connectivity index (χ1n) is 5.70. The van der Waals surface area contributed by atoms with Gasteiger partial charge in [-0.3, -0.25) is 4.79 Å². The van der Waals surface area contributed by atoms with Crippen molar-refractivity contribution < 1.29 is 9.53 Å². The summed E-state index contributed by atoms with van der Waals surface area (Å²) >= 11 is 1.02. The van der Waals surface area contributed by atoms with Crippen molar-refractivity contribution in [3.8, 4) is 17.6 Å². The summed E-state index contributed by atoms with van der Waals surface area (Å²) in [6.45, 7) is 0.278. The number of hydrogen-bond acceptors (Lipinski definition) is 6. The van der Waals surface area contributed by atoms with Crippen LogP contribution in [0.1, 0.15) is 15.2 Å². The van der Waals surface area contributed by atoms with Crippen LogP contribution in [0.15, 0.2) is 24.4 Å². The number of nitrogens with zero attached hydrogens (tertiary/aromatic N) is 2. The minimum Gasteiger partial charge on any atom is -0.495 e. The van der Waals surface area contributed by atoms with Crippen LogP contribution in [0, 0.1) is 11.8 Å². The molecule has 0 aliphatic heterocycles. The Morgan fingerprint density at radius 2 is 2.40 bits per heavy atom. The lowest BCUT2D eigenvalue weighted by atomic mass is 10.2. The number of nitrogens with two attached hydrogens (primary N) is 1. The summed E-state index contributed by atoms with van der Waals surface area (Å²) in [5, 5.41) is 6.37. The van der Waals surface area contributed by atoms with E-state index in [1.807, 2.05) is 0 Å². The summed E-state index contributed by atoms with van der Waals surface area (Å²) < 4.78 is 8.86. The van der Waals surface area contributed by atoms with Crippen LogP contribution in [0.4, 0.5) is 5.69 Å². The SMILES string of the molecule is COc1ccc(C#CCN)cc1NC(=O)c1cnns1. The van der Waals surface area contributed by atoms with Gasteiger partial charge in [-0.05, 0) is 29.7 Å². The van der Waals surface area contributed by atoms with E-state index in [4.69, 9.17) is 10.5 Å². The van der Waals surface area contributed by atoms with E-state index in [-0.39, 0.29) is 12.5 Å². The van der Waals surface area contributed by atoms with Gasteiger partial charge in [0.05, 0.1) is 25.5 Å². The van der Waals surface area contributed by atoms with E-state index in [1.165, 1.54) is 13.3 Å². The molecule has 0 aliphatic rings. The van der Waals surface area contributed by atoms with Crippen LogP contribution in [-0.2, 0) is 0 Å². The summed E-state index contributed by atoms with van der Waals surface area (Å²) in [6, 6.07) is 5.26. The molecule has 20 heavy (non-hydrogen) atoms. The van der Waals surface area contributed by atoms with Gasteiger partial charge in [0.25, 0.3) is 5.91 Å². The van der Waals surface area contributed by atoms with Crippen molar-refractivity contribution in [2.24, 2.45) is 5.73 Å². The molecule has 7 heteroatoms. The van der Waals surface area contributed by atoms with E-state index in [1.54, 1.807) is 18.2 Å². The van der Waals surface area contributed by atoms with Crippen molar-refractivity contribution in [3.63, 3.8) is 0 Å². The Morgan fingerprint density at radius 3 is 3.05 bits per heavy atom. The van der Waals surface area contributed by atoms with E-state index >= 15 is 0 Å². The molecule has 0 saturated heterocycles. The Bertz CT molecular complexity index is 659. The average Bonchev–Trinajstić information content (AvgIpc) is 2.99. The second-order valence-electron chi connectivity index (χ2n) is 3.66. The third kappa shape index (κ3) is 3.32. The fourth-order valence-electron chi connectivity index (χ4n) is 1.49. The first-order valence-corrected chi connectivity index (χ1v) is 6.47. The molecule has 0 spiro atoms. The van der Waals surface area contributed by atoms with Gasteiger partial charge in [0.1, 0.15) is 10.6 Å². The summed E-state index contributed by atoms with van der Waals surface area (Å²) in [6.07, 6.45) is 1.41. The van der Waals surface area contributed by atoms with Crippen molar-refractivity contribution in [1.82, 2.24) is 9.59 Å². The number of aromatic nitrogens is 2. The molecule has 2 aromatic rings. The normalized spacial score (nSPS) is 9.50. The number of amides is 1. The molecule has 0 radical (unpaired) electrons. The molecule has 3 N–H and O–H groups in total. The molecule has 1 amide bonds. The monoisotopic (exact) mass is 288 g/mol. The zero-order valence-electron chi connectivity index (χ0n) is 10.7. The number of carbonyl (C=O) groups is 1. The van der Waals surface area contributed by atoms with E-state index < -0.39 is 0 Å². The van der Waals surface area contributed by atoms with Crippen LogP contribution in [0.5, 0.6) is 5.75 Å². The van der Waals surface area contributed by atoms with Crippen LogP contribution in [0.25, 0.3) is 0 Å². The van der Waals surface area contributed by atoms with Crippen molar-refractivity contribution >= 4 is 23.1 Å². The molecule has 1 heterocycles. The number of ether oxygens (including phenoxy) is 1. The Balaban J connectivity index is 2.26. The van der Waals surface area contributed by atoms with Crippen molar-refractivity contribution in [3.05, 3.63) is 34.8 Å². The van der Waals surface area contributed by atoms with E-state index in [9.17, 15) is 4.79 Å². The predicted octanol–water partition coefficient (Wildman–Crippen LogP) is 1.11. The van der Waals surface area contributed by atoms with Gasteiger partial charge in [-0.15, -0.1) is 5.10 Å². The average molecular weight is 288 g/mol. The zero-order chi connectivity index (χ0) is 14.4. The lowest BCUT2D eigenvalue weighted by Crippen LogP contribution is -2.11. The molecule has 1 aromatic heterocycles. The maximum absolute atomic E-state index is 12.0. The Hall–Kier alpha value is -2.43. The largest absolute Gasteiger partial charge is 0.495 e. The summed E-state index contributed by atoms with van der Waals surface area (Å²) in [5.41, 5.74) is 6.62. The Morgan fingerprint density at radius 1 is 1.55 bits per heavy atom. The number of hydrogen-bond donors (Lipinski definition) is 2. The minimum atomic E-state index is -0.290. The lowest BCUT2D eigenvalue weighted by molar-refractivity contribution is 0.103. The van der Waals surface area contributed by atoms with Gasteiger partial charge in [-0.1, -0.05) is 16.3 Å². The topological polar surface area (TPSA) is 90.1 Å². The third-order valence-electron chi connectivity index (χ3n) is 2.37. The molecular weight excluding hydrogens is 276 g/mol. The van der Waals surface area contributed by atoms with Gasteiger partial charge < -0.3 is 15.8 Å². The number of carbonyl (C=O) groups excluding carboxylic acids is 1. The van der Waals surface area contributed by atoms with Gasteiger partial charge in [-0.2, -0.15) is 0 Å². The van der Waals surface area contributed by atoms with Gasteiger partial charge in [0, 0.05) is 5.56 Å². The molecule has 2 rings (SSSR count). The predicted molar refractivity (Wildman–Crippen MR) is 76.8 cm³/mol. The molecule has 0 bridgehead atoms. The van der Waals surface area contributed by atoms with Crippen LogP contribution in [0.3, 0.4) is 0 Å². The minimum absolute atomic E-state index is 0.278. The molecule has 0 saturated carbocycles. The van der Waals surface area contributed by atoms with Crippen molar-refractivity contribution in [1.29, 1.82) is 0 Å². The number of rotatable bonds is 3. The van der Waals surface area contributed by atoms with Crippen molar-refractivity contribution in [2.75, 3.05) is 19.0 Å². The highest BCUT2D eigenvalue weighted by molar-refractivity contribution is 7.07. The number of nitrogens with one attached hydrogen (secondary N) is 1. The third-order valence-corrected chi connectivity index (χ3v) is 3.03. The van der Waals surface area contributed by atoms with E-state index in [2.05, 4.69) is 26.7 Å². The smallest absolute Gasteiger partial charge is 0.269 e. The molecule has 102 valence electrons. The Labute approximate surface area is 120 Å². The zero-order valence-corrected chi connectivity index (χ0v) is 11.5. The summed E-state index contributed by atoms with van der Waals surface area (Å²) in [7, 11) is 1.53. The van der Waals surface area contributed by atoms with Gasteiger partial charge in [0.15, 0.2) is 0 Å². The number of benzene rings is 1. The molecule has 1 aromatic carbocycles. The fraction of sp³-hybridized carbons (Fsp3) is 0.154. The highest BCUT2D eigenvalue weighted by Crippen LogP contribution is 2.26. The molecule has 6 nitrogen and oxygen atoms in total. The standard InChI is InChI=1S/C13H12N4O2S/c1-19-11-5-4-9(3-2-6-14)7-10(11)16-13(18)12-8-15-17-20-12/h4-5,7-8H,6,14H2,1H3,(H,16,18). The first-order chi connectivity index (χ1) is 9.74. The lowest BCUT2D eigenvalue weighted by Gasteiger charge is -2.09. The Kier molecular flexibility index (Phi) is 4.65. The van der Waals surface area contributed by atoms with Crippen LogP contribution >= 0.6 is 11.5 Å². The van der Waals surface area contributed by atoms with Crippen molar-refractivity contribution in [2.45, 2.75) is 0 Å². The second-order valence-corrected chi connectivity index (χ2v) is 4.44. The fourth-order valence-corrected chi connectivity index (χ4v) is 1.90. The highest BCUT2D eigenvalue weighted by atomic mass is 32.1. The summed E-state index contributed by atoms with van der Waals surface area (Å²) in [5.74, 6) is 5.92. The van der Waals surface area contributed by atoms with Gasteiger partial charge in [0.2, 0.25) is 0 Å². The maximum atomic E-state index is 12.0. The quantitative estimate of drug-likeness (QED) is 0.826. The number of anilines is 1. The summed E-state index contributed by atoms with van der Waals surface area (Å²) in [4.78, 5) is 12.4. The first kappa shape index (κ1) is 14.0. The highest BCUT2D eigenvalue weighted by Gasteiger charge is 2.12. The van der Waals surface area contributed by atoms with Crippen LogP contribution < -0.4 is 15.8 Å². The van der Waals surface area contributed by atoms with Crippen LogP contribution in [0.2, 0.25) is 0 Å². The van der Waals surface area contributed by atoms with E-state index in [0.29, 0.717) is 16.3 Å². The van der Waals surface area contributed by atoms with E-state index in [0.717, 1.165) is 17.1 Å². The van der Waals surface area contributed by atoms with Gasteiger partial charge >= 0.3 is 0 Å². The molecule has 0 fully saturated rings. The molecule has 0 unspecified atom stereocenters. The maximum Gasteiger partial charge on any atom is 0.269 e. The number of methoxy groups -OCH3 is 1. The van der Waals surface area contributed by atoms with Gasteiger partial charge in [-0.25, -0.2) is 0 Å².